The predicted molar refractivity (Wildman–Crippen MR) is 68.5 cm³/mol. The van der Waals surface area contributed by atoms with E-state index in [0.29, 0.717) is 6.47 Å². The first-order valence-electron chi connectivity index (χ1n) is 7.22. The molecule has 0 spiro atoms. The molecule has 0 N–H and O–H groups in total. The van der Waals surface area contributed by atoms with Gasteiger partial charge in [-0.25, -0.2) is 0 Å². The van der Waals surface area contributed by atoms with Gasteiger partial charge in [0.15, 0.2) is 0 Å². The Hall–Kier alpha value is -0.530. The van der Waals surface area contributed by atoms with Crippen molar-refractivity contribution in [2.24, 2.45) is 29.6 Å². The Kier molecular flexibility index (Phi) is 4.11. The quantitative estimate of drug-likeness (QED) is 0.686. The molecule has 5 unspecified atom stereocenters. The molecule has 3 rings (SSSR count). The molecular weight excluding hydrogens is 212 g/mol. The molecule has 3 fully saturated rings. The number of hydrogen-bond donors (Lipinski definition) is 0. The lowest BCUT2D eigenvalue weighted by atomic mass is 9.80. The van der Waals surface area contributed by atoms with Crippen molar-refractivity contribution in [1.82, 2.24) is 0 Å². The lowest BCUT2D eigenvalue weighted by molar-refractivity contribution is -0.137. The summed E-state index contributed by atoms with van der Waals surface area (Å²) < 4.78 is 5.16. The number of hydrogen-bond acceptors (Lipinski definition) is 2. The highest BCUT2D eigenvalue weighted by Crippen LogP contribution is 2.59. The second-order valence-electron chi connectivity index (χ2n) is 6.66. The summed E-state index contributed by atoms with van der Waals surface area (Å²) in [5.74, 6) is 4.35. The fraction of sp³-hybridized carbons (Fsp3) is 0.933. The van der Waals surface area contributed by atoms with Crippen LogP contribution in [0.15, 0.2) is 0 Å². The number of carbonyl (C=O) groups excluding carboxylic acids is 1. The van der Waals surface area contributed by atoms with Gasteiger partial charge in [0, 0.05) is 0 Å². The second kappa shape index (κ2) is 5.41. The maximum Gasteiger partial charge on any atom is 0.293 e. The van der Waals surface area contributed by atoms with Crippen LogP contribution in [0.3, 0.4) is 0 Å². The molecule has 0 radical (unpaired) electrons. The van der Waals surface area contributed by atoms with E-state index < -0.39 is 0 Å². The van der Waals surface area contributed by atoms with E-state index in [2.05, 4.69) is 20.8 Å². The highest BCUT2D eigenvalue weighted by atomic mass is 16.5. The summed E-state index contributed by atoms with van der Waals surface area (Å²) in [5.41, 5.74) is 0. The maximum atomic E-state index is 10.3. The van der Waals surface area contributed by atoms with Gasteiger partial charge >= 0.3 is 0 Å². The number of fused-ring (bicyclic) bond motifs is 5. The third kappa shape index (κ3) is 2.66. The Labute approximate surface area is 105 Å². The van der Waals surface area contributed by atoms with Gasteiger partial charge in [0.1, 0.15) is 6.10 Å². The summed E-state index contributed by atoms with van der Waals surface area (Å²) in [7, 11) is 0. The third-order valence-electron chi connectivity index (χ3n) is 4.60. The molecule has 0 aromatic rings. The van der Waals surface area contributed by atoms with Crippen LogP contribution in [0.1, 0.15) is 52.9 Å². The molecule has 98 valence electrons. The van der Waals surface area contributed by atoms with E-state index >= 15 is 0 Å². The molecule has 2 nitrogen and oxygen atoms in total. The van der Waals surface area contributed by atoms with Crippen molar-refractivity contribution in [2.45, 2.75) is 59.0 Å². The molecule has 0 amide bonds. The van der Waals surface area contributed by atoms with Gasteiger partial charge in [-0.1, -0.05) is 27.2 Å². The van der Waals surface area contributed by atoms with Crippen LogP contribution < -0.4 is 0 Å². The van der Waals surface area contributed by atoms with E-state index in [1.165, 1.54) is 25.7 Å². The van der Waals surface area contributed by atoms with Crippen molar-refractivity contribution >= 4 is 6.47 Å². The Bertz CT molecular complexity index is 259. The van der Waals surface area contributed by atoms with Gasteiger partial charge in [-0.3, -0.25) is 4.79 Å². The molecule has 2 heteroatoms. The molecule has 3 aliphatic rings. The molecular formula is C15H26O2. The van der Waals surface area contributed by atoms with Crippen molar-refractivity contribution in [3.8, 4) is 0 Å². The summed E-state index contributed by atoms with van der Waals surface area (Å²) in [6.07, 6.45) is 7.03. The summed E-state index contributed by atoms with van der Waals surface area (Å²) >= 11 is 0. The first-order valence-corrected chi connectivity index (χ1v) is 7.22. The zero-order chi connectivity index (χ0) is 12.4. The molecule has 0 heterocycles. The van der Waals surface area contributed by atoms with Gasteiger partial charge in [0.25, 0.3) is 6.47 Å². The zero-order valence-corrected chi connectivity index (χ0v) is 11.4. The van der Waals surface area contributed by atoms with Crippen molar-refractivity contribution < 1.29 is 9.53 Å². The van der Waals surface area contributed by atoms with Crippen LogP contribution >= 0.6 is 0 Å². The van der Waals surface area contributed by atoms with Crippen molar-refractivity contribution in [1.29, 1.82) is 0 Å². The van der Waals surface area contributed by atoms with Crippen molar-refractivity contribution in [2.75, 3.05) is 0 Å². The van der Waals surface area contributed by atoms with Gasteiger partial charge in [0.2, 0.25) is 0 Å². The van der Waals surface area contributed by atoms with Crippen LogP contribution in [0.5, 0.6) is 0 Å². The molecule has 0 aromatic carbocycles. The minimum Gasteiger partial charge on any atom is -0.464 e. The van der Waals surface area contributed by atoms with Crippen molar-refractivity contribution in [3.63, 3.8) is 0 Å². The van der Waals surface area contributed by atoms with Crippen LogP contribution in [0.25, 0.3) is 0 Å². The number of rotatable bonds is 2. The molecule has 3 saturated carbocycles. The van der Waals surface area contributed by atoms with Gasteiger partial charge < -0.3 is 4.74 Å². The number of ether oxygens (including phenoxy) is 1. The largest absolute Gasteiger partial charge is 0.464 e. The molecule has 3 aliphatic carbocycles. The average Bonchev–Trinajstić information content (AvgIpc) is 2.86. The van der Waals surface area contributed by atoms with Crippen molar-refractivity contribution in [3.05, 3.63) is 0 Å². The minimum atomic E-state index is 0.279. The smallest absolute Gasteiger partial charge is 0.293 e. The van der Waals surface area contributed by atoms with E-state index in [0.717, 1.165) is 36.0 Å². The standard InChI is InChI=1S/C11H16O2.C4H10/c12-6-13-11-5-7-4-10(11)9-3-1-2-8(7)9;1-4(2)3/h6-11H,1-5H2;4H,1-3H3. The van der Waals surface area contributed by atoms with Gasteiger partial charge in [-0.2, -0.15) is 0 Å². The van der Waals surface area contributed by atoms with Gasteiger partial charge in [-0.05, 0) is 55.3 Å². The average molecular weight is 238 g/mol. The molecule has 0 aliphatic heterocycles. The molecule has 5 atom stereocenters. The minimum absolute atomic E-state index is 0.279. The van der Waals surface area contributed by atoms with Crippen LogP contribution in [-0.2, 0) is 9.53 Å². The molecule has 2 bridgehead atoms. The summed E-state index contributed by atoms with van der Waals surface area (Å²) in [5, 5.41) is 0. The zero-order valence-electron chi connectivity index (χ0n) is 11.4. The van der Waals surface area contributed by atoms with Crippen LogP contribution in [-0.4, -0.2) is 12.6 Å². The van der Waals surface area contributed by atoms with Crippen LogP contribution in [0.2, 0.25) is 0 Å². The monoisotopic (exact) mass is 238 g/mol. The highest BCUT2D eigenvalue weighted by Gasteiger charge is 2.54. The first kappa shape index (κ1) is 12.9. The summed E-state index contributed by atoms with van der Waals surface area (Å²) in [4.78, 5) is 10.3. The Balaban J connectivity index is 0.000000239. The Morgan fingerprint density at radius 1 is 1.06 bits per heavy atom. The van der Waals surface area contributed by atoms with Gasteiger partial charge in [0.05, 0.1) is 0 Å². The SMILES string of the molecule is CC(C)C.O=COC1CC2CC1C1CCCC21. The van der Waals surface area contributed by atoms with E-state index in [1.54, 1.807) is 0 Å². The predicted octanol–water partition coefficient (Wildman–Crippen LogP) is 3.65. The molecule has 0 saturated heterocycles. The van der Waals surface area contributed by atoms with E-state index in [-0.39, 0.29) is 6.10 Å². The van der Waals surface area contributed by atoms with Crippen LogP contribution in [0.4, 0.5) is 0 Å². The Morgan fingerprint density at radius 3 is 2.35 bits per heavy atom. The van der Waals surface area contributed by atoms with E-state index in [1.807, 2.05) is 0 Å². The maximum absolute atomic E-state index is 10.3. The number of carbonyl (C=O) groups is 1. The Morgan fingerprint density at radius 2 is 1.71 bits per heavy atom. The van der Waals surface area contributed by atoms with Crippen LogP contribution in [0, 0.1) is 29.6 Å². The topological polar surface area (TPSA) is 26.3 Å². The fourth-order valence-corrected chi connectivity index (χ4v) is 4.23. The fourth-order valence-electron chi connectivity index (χ4n) is 4.23. The van der Waals surface area contributed by atoms with E-state index in [4.69, 9.17) is 4.74 Å². The van der Waals surface area contributed by atoms with E-state index in [9.17, 15) is 4.79 Å². The summed E-state index contributed by atoms with van der Waals surface area (Å²) in [6, 6.07) is 0. The normalized spacial score (nSPS) is 42.0. The molecule has 0 aromatic heterocycles. The van der Waals surface area contributed by atoms with Gasteiger partial charge in [-0.15, -0.1) is 0 Å². The highest BCUT2D eigenvalue weighted by molar-refractivity contribution is 5.38. The lowest BCUT2D eigenvalue weighted by Gasteiger charge is -2.30. The summed E-state index contributed by atoms with van der Waals surface area (Å²) in [6.45, 7) is 7.15. The third-order valence-corrected chi connectivity index (χ3v) is 4.60. The second-order valence-corrected chi connectivity index (χ2v) is 6.66. The first-order chi connectivity index (χ1) is 8.13. The molecule has 17 heavy (non-hydrogen) atoms. The lowest BCUT2D eigenvalue weighted by Crippen LogP contribution is -2.29.